The number of amides is 1. The summed E-state index contributed by atoms with van der Waals surface area (Å²) in [7, 11) is 0. The van der Waals surface area contributed by atoms with Crippen LogP contribution in [0.4, 0.5) is 4.39 Å². The minimum Gasteiger partial charge on any atom is -0.354 e. The van der Waals surface area contributed by atoms with Crippen molar-refractivity contribution in [2.45, 2.75) is 28.0 Å². The summed E-state index contributed by atoms with van der Waals surface area (Å²) in [4.78, 5) is 12.3. The largest absolute Gasteiger partial charge is 0.354 e. The van der Waals surface area contributed by atoms with Gasteiger partial charge in [-0.3, -0.25) is 4.79 Å². The normalized spacial score (nSPS) is 26.0. The highest BCUT2D eigenvalue weighted by atomic mass is 79.9. The Kier molecular flexibility index (Phi) is 4.75. The summed E-state index contributed by atoms with van der Waals surface area (Å²) in [5.74, 6) is -0.637. The highest BCUT2D eigenvalue weighted by Crippen LogP contribution is 2.64. The molecule has 2 nitrogen and oxygen atoms in total. The molecule has 1 unspecified atom stereocenters. The van der Waals surface area contributed by atoms with Crippen molar-refractivity contribution in [3.05, 3.63) is 106 Å². The third-order valence-corrected chi connectivity index (χ3v) is 8.00. The predicted molar refractivity (Wildman–Crippen MR) is 121 cm³/mol. The Morgan fingerprint density at radius 2 is 1.57 bits per heavy atom. The third-order valence-electron chi connectivity index (χ3n) is 6.35. The first-order chi connectivity index (χ1) is 14.4. The van der Waals surface area contributed by atoms with Crippen LogP contribution in [0.1, 0.15) is 40.2 Å². The van der Waals surface area contributed by atoms with E-state index in [1.165, 1.54) is 23.3 Å². The van der Waals surface area contributed by atoms with E-state index in [4.69, 9.17) is 11.6 Å². The lowest BCUT2D eigenvalue weighted by Crippen LogP contribution is -2.57. The van der Waals surface area contributed by atoms with Gasteiger partial charge < -0.3 is 5.32 Å². The molecular weight excluding hydrogens is 465 g/mol. The number of nitrogens with one attached hydrogen (secondary N) is 1. The Hall–Kier alpha value is -2.17. The second kappa shape index (κ2) is 7.21. The number of rotatable bonds is 4. The number of halogens is 3. The van der Waals surface area contributed by atoms with Gasteiger partial charge in [0.05, 0.1) is 4.32 Å². The molecule has 0 radical (unpaired) electrons. The Morgan fingerprint density at radius 1 is 1.00 bits per heavy atom. The summed E-state index contributed by atoms with van der Waals surface area (Å²) < 4.78 is 12.6. The second-order valence-electron chi connectivity index (χ2n) is 8.08. The lowest BCUT2D eigenvalue weighted by Gasteiger charge is -2.53. The molecule has 0 aliphatic heterocycles. The number of hydrogen-bond donors (Lipinski definition) is 1. The van der Waals surface area contributed by atoms with Crippen molar-refractivity contribution in [1.29, 1.82) is 0 Å². The maximum Gasteiger partial charge on any atom is 0.242 e. The van der Waals surface area contributed by atoms with Crippen LogP contribution < -0.4 is 5.32 Å². The zero-order valence-electron chi connectivity index (χ0n) is 16.2. The highest BCUT2D eigenvalue weighted by Gasteiger charge is 2.61. The number of alkyl halides is 2. The zero-order chi connectivity index (χ0) is 20.9. The lowest BCUT2D eigenvalue weighted by molar-refractivity contribution is -0.124. The molecule has 0 aromatic heterocycles. The molecule has 3 aromatic carbocycles. The van der Waals surface area contributed by atoms with E-state index in [0.29, 0.717) is 19.4 Å². The average molecular weight is 485 g/mol. The second-order valence-corrected chi connectivity index (χ2v) is 10.1. The highest BCUT2D eigenvalue weighted by molar-refractivity contribution is 9.09. The van der Waals surface area contributed by atoms with Crippen molar-refractivity contribution < 1.29 is 9.18 Å². The van der Waals surface area contributed by atoms with Gasteiger partial charge in [0.25, 0.3) is 0 Å². The summed E-state index contributed by atoms with van der Waals surface area (Å²) in [5, 5.41) is 3.03. The fraction of sp³-hybridized carbons (Fsp3) is 0.240. The van der Waals surface area contributed by atoms with Crippen LogP contribution in [0.3, 0.4) is 0 Å². The van der Waals surface area contributed by atoms with Gasteiger partial charge in [0.15, 0.2) is 0 Å². The van der Waals surface area contributed by atoms with E-state index < -0.39 is 9.20 Å². The standard InChI is InChI=1S/C25H20BrClFNO/c26-24-15-25(27,23(30)29-14-13-16-9-11-17(28)12-10-16)22(18-5-1-3-7-20(18)24)19-6-2-4-8-21(19)24/h1-12,22H,13-15H2,(H,29,30). The van der Waals surface area contributed by atoms with Gasteiger partial charge in [-0.2, -0.15) is 0 Å². The fourth-order valence-electron chi connectivity index (χ4n) is 5.00. The fourth-order valence-corrected chi connectivity index (χ4v) is 6.83. The van der Waals surface area contributed by atoms with Crippen LogP contribution in [-0.4, -0.2) is 17.3 Å². The van der Waals surface area contributed by atoms with Crippen molar-refractivity contribution in [2.75, 3.05) is 6.54 Å². The molecule has 2 bridgehead atoms. The van der Waals surface area contributed by atoms with E-state index in [9.17, 15) is 9.18 Å². The van der Waals surface area contributed by atoms with Crippen LogP contribution in [-0.2, 0) is 15.5 Å². The zero-order valence-corrected chi connectivity index (χ0v) is 18.5. The van der Waals surface area contributed by atoms with Crippen molar-refractivity contribution in [3.8, 4) is 0 Å². The van der Waals surface area contributed by atoms with Gasteiger partial charge >= 0.3 is 0 Å². The molecule has 1 atom stereocenters. The molecule has 0 fully saturated rings. The average Bonchev–Trinajstić information content (AvgIpc) is 2.75. The van der Waals surface area contributed by atoms with Crippen LogP contribution in [0.15, 0.2) is 72.8 Å². The van der Waals surface area contributed by atoms with Crippen LogP contribution in [0.5, 0.6) is 0 Å². The molecule has 6 rings (SSSR count). The van der Waals surface area contributed by atoms with Gasteiger partial charge in [0, 0.05) is 12.5 Å². The maximum absolute atomic E-state index is 13.4. The predicted octanol–water partition coefficient (Wildman–Crippen LogP) is 5.65. The van der Waals surface area contributed by atoms with E-state index in [1.54, 1.807) is 12.1 Å². The van der Waals surface area contributed by atoms with Gasteiger partial charge in [0.1, 0.15) is 10.7 Å². The lowest BCUT2D eigenvalue weighted by atomic mass is 9.58. The Labute approximate surface area is 188 Å². The molecule has 0 saturated heterocycles. The monoisotopic (exact) mass is 483 g/mol. The van der Waals surface area contributed by atoms with Gasteiger partial charge in [0.2, 0.25) is 5.91 Å². The molecular formula is C25H20BrClFNO. The summed E-state index contributed by atoms with van der Waals surface area (Å²) in [6, 6.07) is 22.8. The molecule has 152 valence electrons. The van der Waals surface area contributed by atoms with Crippen molar-refractivity contribution >= 4 is 33.4 Å². The smallest absolute Gasteiger partial charge is 0.242 e. The van der Waals surface area contributed by atoms with E-state index in [1.807, 2.05) is 24.3 Å². The number of carbonyl (C=O) groups is 1. The number of benzene rings is 3. The van der Waals surface area contributed by atoms with Gasteiger partial charge in [-0.25, -0.2) is 4.39 Å². The van der Waals surface area contributed by atoms with Crippen LogP contribution in [0.25, 0.3) is 0 Å². The molecule has 5 heteroatoms. The summed E-state index contributed by atoms with van der Waals surface area (Å²) in [6.07, 6.45) is 1.10. The van der Waals surface area contributed by atoms with Gasteiger partial charge in [-0.15, -0.1) is 11.6 Å². The third kappa shape index (κ3) is 2.92. The minimum absolute atomic E-state index is 0.163. The van der Waals surface area contributed by atoms with Crippen LogP contribution in [0, 0.1) is 5.82 Å². The van der Waals surface area contributed by atoms with E-state index in [2.05, 4.69) is 45.5 Å². The van der Waals surface area contributed by atoms with Crippen LogP contribution in [0.2, 0.25) is 0 Å². The van der Waals surface area contributed by atoms with Crippen LogP contribution >= 0.6 is 27.5 Å². The van der Waals surface area contributed by atoms with Gasteiger partial charge in [-0.1, -0.05) is 76.6 Å². The maximum atomic E-state index is 13.4. The molecule has 0 saturated carbocycles. The molecule has 30 heavy (non-hydrogen) atoms. The molecule has 0 spiro atoms. The van der Waals surface area contributed by atoms with E-state index in [0.717, 1.165) is 16.7 Å². The van der Waals surface area contributed by atoms with Crippen molar-refractivity contribution in [1.82, 2.24) is 5.32 Å². The first kappa shape index (κ1) is 19.8. The summed E-state index contributed by atoms with van der Waals surface area (Å²) >= 11 is 11.2. The molecule has 1 N–H and O–H groups in total. The Morgan fingerprint density at radius 3 is 2.17 bits per heavy atom. The van der Waals surface area contributed by atoms with Gasteiger partial charge in [-0.05, 0) is 52.8 Å². The molecule has 3 aliphatic rings. The summed E-state index contributed by atoms with van der Waals surface area (Å²) in [6.45, 7) is 0.449. The van der Waals surface area contributed by atoms with E-state index >= 15 is 0 Å². The molecule has 3 aliphatic carbocycles. The van der Waals surface area contributed by atoms with Crippen molar-refractivity contribution in [3.63, 3.8) is 0 Å². The quantitative estimate of drug-likeness (QED) is 0.476. The van der Waals surface area contributed by atoms with E-state index in [-0.39, 0.29) is 17.6 Å². The summed E-state index contributed by atoms with van der Waals surface area (Å²) in [5.41, 5.74) is 5.54. The number of hydrogen-bond acceptors (Lipinski definition) is 1. The topological polar surface area (TPSA) is 29.1 Å². The number of carbonyl (C=O) groups excluding carboxylic acids is 1. The Balaban J connectivity index is 1.46. The SMILES string of the molecule is O=C(NCCc1ccc(F)cc1)C1(Cl)CC2(Br)c3ccccc3C1c1ccccc12. The minimum atomic E-state index is -1.09. The molecule has 1 amide bonds. The van der Waals surface area contributed by atoms with Crippen molar-refractivity contribution in [2.24, 2.45) is 0 Å². The molecule has 3 aromatic rings. The number of fused-ring (bicyclic) bond motifs is 1. The molecule has 0 heterocycles. The first-order valence-corrected chi connectivity index (χ1v) is 11.2. The Bertz CT molecular complexity index is 1080. The first-order valence-electron chi connectivity index (χ1n) is 10.0.